The number of benzene rings is 1. The third kappa shape index (κ3) is 2.52. The molecule has 0 aromatic heterocycles. The van der Waals surface area contributed by atoms with Gasteiger partial charge in [-0.15, -0.1) is 0 Å². The molecule has 104 valence electrons. The van der Waals surface area contributed by atoms with Gasteiger partial charge in [0, 0.05) is 10.6 Å². The number of rotatable bonds is 2. The van der Waals surface area contributed by atoms with E-state index in [-0.39, 0.29) is 10.6 Å². The highest BCUT2D eigenvalue weighted by molar-refractivity contribution is 6.48. The van der Waals surface area contributed by atoms with Gasteiger partial charge in [-0.2, -0.15) is 0 Å². The van der Waals surface area contributed by atoms with Crippen molar-refractivity contribution in [3.8, 4) is 0 Å². The summed E-state index contributed by atoms with van der Waals surface area (Å²) in [6.07, 6.45) is 0. The minimum atomic E-state index is -0.769. The van der Waals surface area contributed by atoms with Crippen LogP contribution < -0.4 is 5.73 Å². The monoisotopic (exact) mass is 285 g/mol. The quantitative estimate of drug-likeness (QED) is 0.849. The van der Waals surface area contributed by atoms with E-state index in [4.69, 9.17) is 26.6 Å². The minimum absolute atomic E-state index is 0.225. The average molecular weight is 286 g/mol. The number of halogens is 2. The Balaban J connectivity index is 2.30. The van der Waals surface area contributed by atoms with Crippen LogP contribution in [0.2, 0.25) is 5.02 Å². The summed E-state index contributed by atoms with van der Waals surface area (Å²) < 4.78 is 25.5. The van der Waals surface area contributed by atoms with Crippen LogP contribution in [0.25, 0.3) is 0 Å². The standard InChI is InChI=1S/C13H18BClFNO2/c1-12(2)13(3,4)19-14(18-12)11(17)10-8(15)6-5-7-9(10)16/h5-7,11H,17H2,1-4H3/t11-/m0/s1. The second-order valence-corrected chi connectivity index (χ2v) is 6.19. The van der Waals surface area contributed by atoms with E-state index >= 15 is 0 Å². The molecule has 2 N–H and O–H groups in total. The first kappa shape index (κ1) is 14.8. The lowest BCUT2D eigenvalue weighted by molar-refractivity contribution is 0.00578. The molecule has 0 saturated carbocycles. The van der Waals surface area contributed by atoms with E-state index < -0.39 is 30.1 Å². The Bertz CT molecular complexity index is 459. The molecule has 1 aromatic rings. The fraction of sp³-hybridized carbons (Fsp3) is 0.538. The fourth-order valence-corrected chi connectivity index (χ4v) is 2.29. The molecule has 1 atom stereocenters. The molecule has 1 saturated heterocycles. The van der Waals surface area contributed by atoms with E-state index in [1.165, 1.54) is 12.1 Å². The van der Waals surface area contributed by atoms with Crippen molar-refractivity contribution in [3.63, 3.8) is 0 Å². The van der Waals surface area contributed by atoms with Gasteiger partial charge in [0.15, 0.2) is 0 Å². The Morgan fingerprint density at radius 3 is 2.21 bits per heavy atom. The van der Waals surface area contributed by atoms with E-state index in [0.717, 1.165) is 0 Å². The molecule has 1 fully saturated rings. The summed E-state index contributed by atoms with van der Waals surface area (Å²) in [6, 6.07) is 4.47. The Labute approximate surface area is 118 Å². The van der Waals surface area contributed by atoms with Crippen molar-refractivity contribution in [2.75, 3.05) is 0 Å². The predicted octanol–water partition coefficient (Wildman–Crippen LogP) is 3.11. The minimum Gasteiger partial charge on any atom is -0.402 e. The third-order valence-electron chi connectivity index (χ3n) is 3.90. The van der Waals surface area contributed by atoms with E-state index in [2.05, 4.69) is 0 Å². The number of nitrogens with two attached hydrogens (primary N) is 1. The van der Waals surface area contributed by atoms with Crippen LogP contribution in [-0.4, -0.2) is 18.3 Å². The van der Waals surface area contributed by atoms with Gasteiger partial charge in [0.1, 0.15) is 5.82 Å². The van der Waals surface area contributed by atoms with Gasteiger partial charge in [-0.3, -0.25) is 0 Å². The van der Waals surface area contributed by atoms with Crippen LogP contribution in [0.4, 0.5) is 4.39 Å². The molecule has 2 rings (SSSR count). The van der Waals surface area contributed by atoms with Gasteiger partial charge in [-0.1, -0.05) is 17.7 Å². The van der Waals surface area contributed by atoms with Gasteiger partial charge >= 0.3 is 7.12 Å². The summed E-state index contributed by atoms with van der Waals surface area (Å²) in [5.41, 5.74) is 5.28. The highest BCUT2D eigenvalue weighted by Crippen LogP contribution is 2.40. The van der Waals surface area contributed by atoms with Crippen LogP contribution >= 0.6 is 11.6 Å². The van der Waals surface area contributed by atoms with Gasteiger partial charge in [0.2, 0.25) is 0 Å². The fourth-order valence-electron chi connectivity index (χ4n) is 2.00. The van der Waals surface area contributed by atoms with Gasteiger partial charge in [0.05, 0.1) is 17.1 Å². The highest BCUT2D eigenvalue weighted by atomic mass is 35.5. The van der Waals surface area contributed by atoms with Crippen LogP contribution in [0.1, 0.15) is 39.2 Å². The van der Waals surface area contributed by atoms with Crippen molar-refractivity contribution in [2.24, 2.45) is 5.73 Å². The second kappa shape index (κ2) is 4.74. The summed E-state index contributed by atoms with van der Waals surface area (Å²) in [7, 11) is -0.723. The number of hydrogen-bond donors (Lipinski definition) is 1. The summed E-state index contributed by atoms with van der Waals surface area (Å²) in [4.78, 5) is 0. The van der Waals surface area contributed by atoms with Gasteiger partial charge < -0.3 is 15.0 Å². The first-order valence-corrected chi connectivity index (χ1v) is 6.58. The zero-order valence-electron chi connectivity index (χ0n) is 11.5. The molecule has 1 aromatic carbocycles. The molecule has 0 unspecified atom stereocenters. The first-order valence-electron chi connectivity index (χ1n) is 6.21. The Kier molecular flexibility index (Phi) is 3.69. The average Bonchev–Trinajstić information content (AvgIpc) is 2.47. The molecule has 0 radical (unpaired) electrons. The molecule has 1 heterocycles. The van der Waals surface area contributed by atoms with Crippen molar-refractivity contribution in [1.29, 1.82) is 0 Å². The molecule has 1 aliphatic heterocycles. The molecule has 19 heavy (non-hydrogen) atoms. The summed E-state index contributed by atoms with van der Waals surface area (Å²) >= 11 is 6.01. The molecule has 0 spiro atoms. The summed E-state index contributed by atoms with van der Waals surface area (Å²) in [6.45, 7) is 7.68. The SMILES string of the molecule is CC1(C)OB([C@@H](N)c2c(F)cccc2Cl)OC1(C)C. The van der Waals surface area contributed by atoms with E-state index in [0.29, 0.717) is 0 Å². The van der Waals surface area contributed by atoms with Gasteiger partial charge in [0.25, 0.3) is 0 Å². The maximum Gasteiger partial charge on any atom is 0.480 e. The summed E-state index contributed by atoms with van der Waals surface area (Å²) in [5, 5.41) is 0.280. The lowest BCUT2D eigenvalue weighted by atomic mass is 9.74. The third-order valence-corrected chi connectivity index (χ3v) is 4.23. The second-order valence-electron chi connectivity index (χ2n) is 5.79. The maximum absolute atomic E-state index is 13.9. The zero-order chi connectivity index (χ0) is 14.4. The number of hydrogen-bond acceptors (Lipinski definition) is 3. The van der Waals surface area contributed by atoms with Crippen LogP contribution in [-0.2, 0) is 9.31 Å². The van der Waals surface area contributed by atoms with Gasteiger partial charge in [-0.05, 0) is 39.8 Å². The molecule has 1 aliphatic rings. The van der Waals surface area contributed by atoms with Crippen molar-refractivity contribution in [3.05, 3.63) is 34.6 Å². The van der Waals surface area contributed by atoms with Crippen molar-refractivity contribution < 1.29 is 13.7 Å². The van der Waals surface area contributed by atoms with E-state index in [9.17, 15) is 4.39 Å². The largest absolute Gasteiger partial charge is 0.480 e. The molecule has 3 nitrogen and oxygen atoms in total. The van der Waals surface area contributed by atoms with E-state index in [1.54, 1.807) is 6.07 Å². The van der Waals surface area contributed by atoms with E-state index in [1.807, 2.05) is 27.7 Å². The van der Waals surface area contributed by atoms with Crippen LogP contribution in [0.15, 0.2) is 18.2 Å². The highest BCUT2D eigenvalue weighted by Gasteiger charge is 2.53. The normalized spacial score (nSPS) is 22.6. The Morgan fingerprint density at radius 2 is 1.74 bits per heavy atom. The molecular weight excluding hydrogens is 267 g/mol. The molecule has 0 bridgehead atoms. The predicted molar refractivity (Wildman–Crippen MR) is 74.4 cm³/mol. The lowest BCUT2D eigenvalue weighted by Crippen LogP contribution is -2.41. The van der Waals surface area contributed by atoms with Crippen molar-refractivity contribution in [1.82, 2.24) is 0 Å². The molecule has 6 heteroatoms. The van der Waals surface area contributed by atoms with Crippen molar-refractivity contribution in [2.45, 2.75) is 44.8 Å². The van der Waals surface area contributed by atoms with Gasteiger partial charge in [-0.25, -0.2) is 4.39 Å². The Morgan fingerprint density at radius 1 is 1.21 bits per heavy atom. The van der Waals surface area contributed by atoms with Crippen molar-refractivity contribution >= 4 is 18.7 Å². The van der Waals surface area contributed by atoms with Crippen LogP contribution in [0.3, 0.4) is 0 Å². The summed E-state index contributed by atoms with van der Waals surface area (Å²) in [5.74, 6) is -1.22. The Hall–Kier alpha value is -0.615. The first-order chi connectivity index (χ1) is 8.66. The molecule has 0 aliphatic carbocycles. The van der Waals surface area contributed by atoms with Crippen LogP contribution in [0, 0.1) is 5.82 Å². The lowest BCUT2D eigenvalue weighted by Gasteiger charge is -2.32. The topological polar surface area (TPSA) is 44.5 Å². The smallest absolute Gasteiger partial charge is 0.402 e. The maximum atomic E-state index is 13.9. The zero-order valence-corrected chi connectivity index (χ0v) is 12.3. The van der Waals surface area contributed by atoms with Crippen LogP contribution in [0.5, 0.6) is 0 Å². The molecular formula is C13H18BClFNO2. The molecule has 0 amide bonds.